The average Bonchev–Trinajstić information content (AvgIpc) is 2.77. The Morgan fingerprint density at radius 1 is 0.897 bits per heavy atom. The Labute approximate surface area is 170 Å². The standard InChI is InChI=1S/C24H24N2O3/c27-24(20-12-10-19(11-13-20)18-26-14-16-28-17-15-26)25-22-8-4-5-9-23(22)29-21-6-2-1-3-7-21/h1-13H,14-18H2,(H,25,27)/p+1. The normalized spacial score (nSPS) is 14.3. The molecule has 1 heterocycles. The second kappa shape index (κ2) is 9.37. The number of amides is 1. The molecule has 0 unspecified atom stereocenters. The van der Waals surface area contributed by atoms with Crippen molar-refractivity contribution in [2.45, 2.75) is 6.54 Å². The summed E-state index contributed by atoms with van der Waals surface area (Å²) in [5.41, 5.74) is 2.50. The molecule has 0 saturated carbocycles. The molecule has 0 radical (unpaired) electrons. The lowest BCUT2D eigenvalue weighted by atomic mass is 10.1. The van der Waals surface area contributed by atoms with Gasteiger partial charge in [-0.3, -0.25) is 4.79 Å². The van der Waals surface area contributed by atoms with Crippen molar-refractivity contribution in [2.24, 2.45) is 0 Å². The predicted octanol–water partition coefficient (Wildman–Crippen LogP) is 3.15. The van der Waals surface area contributed by atoms with E-state index in [2.05, 4.69) is 5.32 Å². The van der Waals surface area contributed by atoms with Crippen LogP contribution in [0.25, 0.3) is 0 Å². The molecule has 0 spiro atoms. The van der Waals surface area contributed by atoms with Gasteiger partial charge in [-0.25, -0.2) is 0 Å². The van der Waals surface area contributed by atoms with Crippen molar-refractivity contribution in [3.05, 3.63) is 90.0 Å². The smallest absolute Gasteiger partial charge is 0.255 e. The zero-order chi connectivity index (χ0) is 19.9. The fourth-order valence-corrected chi connectivity index (χ4v) is 3.37. The second-order valence-corrected chi connectivity index (χ2v) is 7.10. The highest BCUT2D eigenvalue weighted by Gasteiger charge is 2.15. The van der Waals surface area contributed by atoms with E-state index < -0.39 is 0 Å². The van der Waals surface area contributed by atoms with Crippen LogP contribution in [0.3, 0.4) is 0 Å². The molecule has 0 atom stereocenters. The average molecular weight is 389 g/mol. The van der Waals surface area contributed by atoms with E-state index in [0.29, 0.717) is 17.0 Å². The molecule has 3 aromatic rings. The third-order valence-electron chi connectivity index (χ3n) is 4.98. The van der Waals surface area contributed by atoms with E-state index in [1.807, 2.05) is 78.9 Å². The van der Waals surface area contributed by atoms with Gasteiger partial charge in [-0.1, -0.05) is 42.5 Å². The Morgan fingerprint density at radius 3 is 2.34 bits per heavy atom. The highest BCUT2D eigenvalue weighted by Crippen LogP contribution is 2.29. The minimum absolute atomic E-state index is 0.153. The van der Waals surface area contributed by atoms with Crippen molar-refractivity contribution in [1.29, 1.82) is 0 Å². The predicted molar refractivity (Wildman–Crippen MR) is 113 cm³/mol. The summed E-state index contributed by atoms with van der Waals surface area (Å²) in [5.74, 6) is 1.18. The summed E-state index contributed by atoms with van der Waals surface area (Å²) >= 11 is 0. The van der Waals surface area contributed by atoms with E-state index in [9.17, 15) is 4.79 Å². The van der Waals surface area contributed by atoms with Gasteiger partial charge < -0.3 is 19.7 Å². The van der Waals surface area contributed by atoms with Crippen LogP contribution in [0.1, 0.15) is 15.9 Å². The van der Waals surface area contributed by atoms with Crippen LogP contribution in [0.15, 0.2) is 78.9 Å². The van der Waals surface area contributed by atoms with Crippen LogP contribution in [-0.2, 0) is 11.3 Å². The highest BCUT2D eigenvalue weighted by atomic mass is 16.5. The summed E-state index contributed by atoms with van der Waals surface area (Å²) in [6, 6.07) is 24.8. The molecule has 29 heavy (non-hydrogen) atoms. The lowest BCUT2D eigenvalue weighted by Crippen LogP contribution is -3.12. The Bertz CT molecular complexity index is 936. The summed E-state index contributed by atoms with van der Waals surface area (Å²) in [5, 5.41) is 2.96. The number of ether oxygens (including phenoxy) is 2. The maximum absolute atomic E-state index is 12.7. The van der Waals surface area contributed by atoms with Crippen molar-refractivity contribution in [3.8, 4) is 11.5 Å². The van der Waals surface area contributed by atoms with Gasteiger partial charge >= 0.3 is 0 Å². The molecule has 148 valence electrons. The van der Waals surface area contributed by atoms with Crippen LogP contribution >= 0.6 is 0 Å². The fraction of sp³-hybridized carbons (Fsp3) is 0.208. The van der Waals surface area contributed by atoms with Crippen LogP contribution < -0.4 is 15.0 Å². The molecule has 1 fully saturated rings. The molecule has 1 saturated heterocycles. The van der Waals surface area contributed by atoms with Crippen LogP contribution in [-0.4, -0.2) is 32.2 Å². The van der Waals surface area contributed by atoms with Crippen LogP contribution in [0.4, 0.5) is 5.69 Å². The number of carbonyl (C=O) groups is 1. The quantitative estimate of drug-likeness (QED) is 0.681. The number of para-hydroxylation sites is 3. The van der Waals surface area contributed by atoms with E-state index in [4.69, 9.17) is 9.47 Å². The molecule has 5 nitrogen and oxygen atoms in total. The van der Waals surface area contributed by atoms with E-state index in [1.54, 1.807) is 0 Å². The summed E-state index contributed by atoms with van der Waals surface area (Å²) < 4.78 is 11.3. The number of morpholine rings is 1. The van der Waals surface area contributed by atoms with Crippen molar-refractivity contribution < 1.29 is 19.2 Å². The number of hydrogen-bond donors (Lipinski definition) is 2. The van der Waals surface area contributed by atoms with Crippen LogP contribution in [0.5, 0.6) is 11.5 Å². The molecule has 1 aliphatic rings. The van der Waals surface area contributed by atoms with Gasteiger partial charge in [0.05, 0.1) is 18.9 Å². The summed E-state index contributed by atoms with van der Waals surface area (Å²) in [6.45, 7) is 4.65. The first-order chi connectivity index (χ1) is 14.3. The topological polar surface area (TPSA) is 52.0 Å². The fourth-order valence-electron chi connectivity index (χ4n) is 3.37. The van der Waals surface area contributed by atoms with Gasteiger partial charge in [-0.05, 0) is 36.4 Å². The summed E-state index contributed by atoms with van der Waals surface area (Å²) in [7, 11) is 0. The molecular formula is C24H25N2O3+. The molecule has 4 rings (SSSR count). The van der Waals surface area contributed by atoms with Gasteiger partial charge in [0, 0.05) is 11.1 Å². The van der Waals surface area contributed by atoms with E-state index >= 15 is 0 Å². The van der Waals surface area contributed by atoms with Crippen LogP contribution in [0.2, 0.25) is 0 Å². The van der Waals surface area contributed by atoms with Crippen LogP contribution in [0, 0.1) is 0 Å². The Kier molecular flexibility index (Phi) is 6.19. The maximum Gasteiger partial charge on any atom is 0.255 e. The van der Waals surface area contributed by atoms with Crippen molar-refractivity contribution >= 4 is 11.6 Å². The lowest BCUT2D eigenvalue weighted by molar-refractivity contribution is -0.921. The van der Waals surface area contributed by atoms with Gasteiger partial charge in [0.15, 0.2) is 5.75 Å². The number of rotatable bonds is 6. The first kappa shape index (κ1) is 19.2. The molecule has 5 heteroatoms. The van der Waals surface area contributed by atoms with Gasteiger partial charge in [0.1, 0.15) is 25.4 Å². The van der Waals surface area contributed by atoms with Gasteiger partial charge in [0.25, 0.3) is 5.91 Å². The zero-order valence-electron chi connectivity index (χ0n) is 16.3. The Morgan fingerprint density at radius 2 is 1.59 bits per heavy atom. The third kappa shape index (κ3) is 5.22. The number of anilines is 1. The van der Waals surface area contributed by atoms with Gasteiger partial charge in [0.2, 0.25) is 0 Å². The first-order valence-electron chi connectivity index (χ1n) is 9.91. The van der Waals surface area contributed by atoms with Gasteiger partial charge in [-0.2, -0.15) is 0 Å². The van der Waals surface area contributed by atoms with E-state index in [1.165, 1.54) is 10.5 Å². The number of nitrogens with one attached hydrogen (secondary N) is 2. The molecule has 2 N–H and O–H groups in total. The zero-order valence-corrected chi connectivity index (χ0v) is 16.3. The van der Waals surface area contributed by atoms with Gasteiger partial charge in [-0.15, -0.1) is 0 Å². The molecule has 1 amide bonds. The largest absolute Gasteiger partial charge is 0.455 e. The Hall–Kier alpha value is -3.15. The van der Waals surface area contributed by atoms with Crippen molar-refractivity contribution in [1.82, 2.24) is 0 Å². The number of carbonyl (C=O) groups excluding carboxylic acids is 1. The molecular weight excluding hydrogens is 364 g/mol. The van der Waals surface area contributed by atoms with Crippen molar-refractivity contribution in [3.63, 3.8) is 0 Å². The summed E-state index contributed by atoms with van der Waals surface area (Å²) in [4.78, 5) is 14.2. The monoisotopic (exact) mass is 389 g/mol. The summed E-state index contributed by atoms with van der Waals surface area (Å²) in [6.07, 6.45) is 0. The number of quaternary nitrogens is 1. The molecule has 0 aliphatic carbocycles. The molecule has 0 bridgehead atoms. The SMILES string of the molecule is O=C(Nc1ccccc1Oc1ccccc1)c1ccc(C[NH+]2CCOCC2)cc1. The first-order valence-corrected chi connectivity index (χ1v) is 9.91. The van der Waals surface area contributed by atoms with Crippen molar-refractivity contribution in [2.75, 3.05) is 31.6 Å². The molecule has 3 aromatic carbocycles. The Balaban J connectivity index is 1.41. The number of hydrogen-bond acceptors (Lipinski definition) is 3. The lowest BCUT2D eigenvalue weighted by Gasteiger charge is -2.23. The van der Waals surface area contributed by atoms with E-state index in [0.717, 1.165) is 38.6 Å². The highest BCUT2D eigenvalue weighted by molar-refractivity contribution is 6.05. The minimum Gasteiger partial charge on any atom is -0.455 e. The second-order valence-electron chi connectivity index (χ2n) is 7.10. The molecule has 0 aromatic heterocycles. The third-order valence-corrected chi connectivity index (χ3v) is 4.98. The molecule has 1 aliphatic heterocycles. The maximum atomic E-state index is 12.7. The number of benzene rings is 3. The van der Waals surface area contributed by atoms with E-state index in [-0.39, 0.29) is 5.91 Å². The minimum atomic E-state index is -0.153.